The molecule has 1 unspecified atom stereocenters. The highest BCUT2D eigenvalue weighted by Crippen LogP contribution is 2.42. The molecule has 2 N–H and O–H groups in total. The van der Waals surface area contributed by atoms with Crippen molar-refractivity contribution in [3.63, 3.8) is 0 Å². The molecule has 0 aromatic heterocycles. The number of rotatable bonds is 3. The maximum atomic E-state index is 5.83. The predicted molar refractivity (Wildman–Crippen MR) is 60.3 cm³/mol. The van der Waals surface area contributed by atoms with Gasteiger partial charge in [-0.25, -0.2) is 0 Å². The van der Waals surface area contributed by atoms with Gasteiger partial charge in [0.05, 0.1) is 0 Å². The van der Waals surface area contributed by atoms with Crippen LogP contribution in [0.5, 0.6) is 0 Å². The molecule has 0 amide bonds. The summed E-state index contributed by atoms with van der Waals surface area (Å²) in [4.78, 5) is 2.74. The van der Waals surface area contributed by atoms with E-state index in [9.17, 15) is 0 Å². The lowest BCUT2D eigenvalue weighted by Crippen LogP contribution is -2.43. The summed E-state index contributed by atoms with van der Waals surface area (Å²) in [7, 11) is 0. The monoisotopic (exact) mass is 196 g/mol. The maximum Gasteiger partial charge on any atom is 0.0210 e. The third-order valence-corrected chi connectivity index (χ3v) is 4.13. The second-order valence-electron chi connectivity index (χ2n) is 5.29. The normalized spacial score (nSPS) is 28.7. The van der Waals surface area contributed by atoms with Crippen LogP contribution < -0.4 is 5.73 Å². The highest BCUT2D eigenvalue weighted by atomic mass is 15.2. The zero-order valence-electron chi connectivity index (χ0n) is 9.47. The Morgan fingerprint density at radius 3 is 2.50 bits per heavy atom. The van der Waals surface area contributed by atoms with Crippen molar-refractivity contribution in [3.05, 3.63) is 0 Å². The molecule has 1 saturated carbocycles. The molecule has 1 saturated heterocycles. The summed E-state index contributed by atoms with van der Waals surface area (Å²) in [5, 5.41) is 0. The summed E-state index contributed by atoms with van der Waals surface area (Å²) in [6.45, 7) is 4.68. The first-order valence-corrected chi connectivity index (χ1v) is 6.24. The second-order valence-corrected chi connectivity index (χ2v) is 5.29. The zero-order valence-corrected chi connectivity index (χ0v) is 9.47. The Balaban J connectivity index is 1.90. The van der Waals surface area contributed by atoms with Crippen LogP contribution in [-0.2, 0) is 0 Å². The Labute approximate surface area is 87.8 Å². The minimum Gasteiger partial charge on any atom is -0.328 e. The van der Waals surface area contributed by atoms with Crippen molar-refractivity contribution in [2.24, 2.45) is 5.73 Å². The quantitative estimate of drug-likeness (QED) is 0.749. The van der Waals surface area contributed by atoms with E-state index in [0.717, 1.165) is 0 Å². The van der Waals surface area contributed by atoms with E-state index in [2.05, 4.69) is 11.8 Å². The van der Waals surface area contributed by atoms with Gasteiger partial charge in [-0.2, -0.15) is 0 Å². The van der Waals surface area contributed by atoms with Crippen LogP contribution >= 0.6 is 0 Å². The lowest BCUT2D eigenvalue weighted by atomic mass is 9.94. The van der Waals surface area contributed by atoms with E-state index in [1.807, 2.05) is 0 Å². The Kier molecular flexibility index (Phi) is 3.13. The summed E-state index contributed by atoms with van der Waals surface area (Å²) in [5.41, 5.74) is 6.45. The Hall–Kier alpha value is -0.0800. The van der Waals surface area contributed by atoms with Crippen LogP contribution in [0.1, 0.15) is 51.9 Å². The molecule has 0 radical (unpaired) electrons. The van der Waals surface area contributed by atoms with Crippen LogP contribution in [0.25, 0.3) is 0 Å². The van der Waals surface area contributed by atoms with Gasteiger partial charge in [-0.1, -0.05) is 12.8 Å². The standard InChI is InChI=1S/C12H24N2/c1-11(13)5-10-14-9-4-8-12(14)6-2-3-7-12/h11H,2-10,13H2,1H3. The summed E-state index contributed by atoms with van der Waals surface area (Å²) < 4.78 is 0. The molecule has 1 heterocycles. The van der Waals surface area contributed by atoms with Gasteiger partial charge in [-0.3, -0.25) is 4.90 Å². The molecule has 0 aromatic carbocycles. The average Bonchev–Trinajstić information content (AvgIpc) is 2.74. The molecule has 14 heavy (non-hydrogen) atoms. The van der Waals surface area contributed by atoms with Crippen molar-refractivity contribution < 1.29 is 0 Å². The molecular weight excluding hydrogens is 172 g/mol. The fourth-order valence-electron chi connectivity index (χ4n) is 3.30. The topological polar surface area (TPSA) is 29.3 Å². The van der Waals surface area contributed by atoms with E-state index >= 15 is 0 Å². The first-order valence-electron chi connectivity index (χ1n) is 6.24. The third-order valence-electron chi connectivity index (χ3n) is 4.13. The third kappa shape index (κ3) is 1.96. The van der Waals surface area contributed by atoms with Crippen LogP contribution in [0, 0.1) is 0 Å². The number of nitrogens with zero attached hydrogens (tertiary/aromatic N) is 1. The lowest BCUT2D eigenvalue weighted by molar-refractivity contribution is 0.139. The summed E-state index contributed by atoms with van der Waals surface area (Å²) in [6, 6.07) is 0.369. The summed E-state index contributed by atoms with van der Waals surface area (Å²) in [6.07, 6.45) is 9.84. The predicted octanol–water partition coefficient (Wildman–Crippen LogP) is 2.13. The molecular formula is C12H24N2. The molecule has 0 aromatic rings. The van der Waals surface area contributed by atoms with Crippen molar-refractivity contribution >= 4 is 0 Å². The van der Waals surface area contributed by atoms with Crippen LogP contribution in [0.4, 0.5) is 0 Å². The molecule has 2 rings (SSSR count). The van der Waals surface area contributed by atoms with Crippen molar-refractivity contribution in [3.8, 4) is 0 Å². The SMILES string of the molecule is CC(N)CCN1CCCC12CCCC2. The van der Waals surface area contributed by atoms with Gasteiger partial charge in [-0.05, 0) is 45.6 Å². The molecule has 0 bridgehead atoms. The average molecular weight is 196 g/mol. The Morgan fingerprint density at radius 2 is 1.86 bits per heavy atom. The van der Waals surface area contributed by atoms with E-state index in [-0.39, 0.29) is 0 Å². The van der Waals surface area contributed by atoms with E-state index in [0.29, 0.717) is 11.6 Å². The maximum absolute atomic E-state index is 5.83. The number of likely N-dealkylation sites (tertiary alicyclic amines) is 1. The minimum absolute atomic E-state index is 0.369. The van der Waals surface area contributed by atoms with Gasteiger partial charge in [0.25, 0.3) is 0 Å². The van der Waals surface area contributed by atoms with E-state index < -0.39 is 0 Å². The first-order chi connectivity index (χ1) is 6.73. The number of hydrogen-bond acceptors (Lipinski definition) is 2. The van der Waals surface area contributed by atoms with Gasteiger partial charge >= 0.3 is 0 Å². The molecule has 1 aliphatic heterocycles. The fourth-order valence-corrected chi connectivity index (χ4v) is 3.30. The zero-order chi connectivity index (χ0) is 10.0. The van der Waals surface area contributed by atoms with E-state index in [1.165, 1.54) is 58.0 Å². The van der Waals surface area contributed by atoms with Crippen molar-refractivity contribution in [2.45, 2.75) is 63.5 Å². The molecule has 82 valence electrons. The highest BCUT2D eigenvalue weighted by Gasteiger charge is 2.42. The van der Waals surface area contributed by atoms with Gasteiger partial charge in [0.2, 0.25) is 0 Å². The van der Waals surface area contributed by atoms with Crippen molar-refractivity contribution in [1.29, 1.82) is 0 Å². The van der Waals surface area contributed by atoms with Crippen LogP contribution in [-0.4, -0.2) is 29.6 Å². The number of nitrogens with two attached hydrogens (primary N) is 1. The molecule has 2 nitrogen and oxygen atoms in total. The largest absolute Gasteiger partial charge is 0.328 e. The lowest BCUT2D eigenvalue weighted by Gasteiger charge is -2.35. The van der Waals surface area contributed by atoms with Crippen molar-refractivity contribution in [2.75, 3.05) is 13.1 Å². The smallest absolute Gasteiger partial charge is 0.0210 e. The minimum atomic E-state index is 0.369. The second kappa shape index (κ2) is 4.19. The Morgan fingerprint density at radius 1 is 1.21 bits per heavy atom. The van der Waals surface area contributed by atoms with Gasteiger partial charge in [0.15, 0.2) is 0 Å². The Bertz CT molecular complexity index is 177. The summed E-state index contributed by atoms with van der Waals surface area (Å²) >= 11 is 0. The van der Waals surface area contributed by atoms with Crippen molar-refractivity contribution in [1.82, 2.24) is 4.90 Å². The van der Waals surface area contributed by atoms with Gasteiger partial charge in [0, 0.05) is 18.1 Å². The van der Waals surface area contributed by atoms with Gasteiger partial charge in [0.1, 0.15) is 0 Å². The molecule has 2 fully saturated rings. The highest BCUT2D eigenvalue weighted by molar-refractivity contribution is 4.98. The van der Waals surface area contributed by atoms with Crippen LogP contribution in [0.15, 0.2) is 0 Å². The van der Waals surface area contributed by atoms with Gasteiger partial charge in [-0.15, -0.1) is 0 Å². The first kappa shape index (κ1) is 10.4. The van der Waals surface area contributed by atoms with E-state index in [4.69, 9.17) is 5.73 Å². The molecule has 1 atom stereocenters. The van der Waals surface area contributed by atoms with Crippen LogP contribution in [0.3, 0.4) is 0 Å². The van der Waals surface area contributed by atoms with Crippen LogP contribution in [0.2, 0.25) is 0 Å². The molecule has 1 aliphatic carbocycles. The molecule has 1 spiro atoms. The van der Waals surface area contributed by atoms with Gasteiger partial charge < -0.3 is 5.73 Å². The number of hydrogen-bond donors (Lipinski definition) is 1. The fraction of sp³-hybridized carbons (Fsp3) is 1.00. The molecule has 2 aliphatic rings. The summed E-state index contributed by atoms with van der Waals surface area (Å²) in [5.74, 6) is 0. The molecule has 2 heteroatoms. The van der Waals surface area contributed by atoms with E-state index in [1.54, 1.807) is 0 Å².